The maximum atomic E-state index is 13.1. The van der Waals surface area contributed by atoms with Gasteiger partial charge in [0.1, 0.15) is 5.69 Å². The Hall–Kier alpha value is -2.08. The van der Waals surface area contributed by atoms with Crippen LogP contribution in [0, 0.1) is 0 Å². The molecule has 1 saturated heterocycles. The summed E-state index contributed by atoms with van der Waals surface area (Å²) in [7, 11) is 1.87. The molecule has 152 valence electrons. The van der Waals surface area contributed by atoms with Gasteiger partial charge in [-0.3, -0.25) is 9.78 Å². The van der Waals surface area contributed by atoms with E-state index < -0.39 is 0 Å². The number of rotatable bonds is 5. The average Bonchev–Trinajstić information content (AvgIpc) is 3.08. The van der Waals surface area contributed by atoms with Crippen LogP contribution in [0.1, 0.15) is 29.0 Å². The van der Waals surface area contributed by atoms with E-state index in [2.05, 4.69) is 20.9 Å². The first-order valence-electron chi connectivity index (χ1n) is 9.89. The molecule has 4 rings (SSSR count). The zero-order valence-electron chi connectivity index (χ0n) is 16.4. The Morgan fingerprint density at radius 2 is 2.03 bits per heavy atom. The van der Waals surface area contributed by atoms with Gasteiger partial charge in [0.25, 0.3) is 5.91 Å². The standard InChI is InChI=1S/C22H24Cl2N4O/c1-27(22(29)21-20(24)18-14-15(23)5-6-19(18)26-21)17-8-12-28(13-9-17)11-7-16-4-2-3-10-25-16/h2-6,10,14,17,26H,7-9,11-13H2,1H3. The highest BCUT2D eigenvalue weighted by molar-refractivity contribution is 6.39. The number of likely N-dealkylation sites (tertiary alicyclic amines) is 1. The highest BCUT2D eigenvalue weighted by Crippen LogP contribution is 2.31. The van der Waals surface area contributed by atoms with Gasteiger partial charge in [-0.15, -0.1) is 0 Å². The SMILES string of the molecule is CN(C(=O)c1[nH]c2ccc(Cl)cc2c1Cl)C1CCN(CCc2ccccn2)CC1. The van der Waals surface area contributed by atoms with Crippen molar-refractivity contribution in [2.45, 2.75) is 25.3 Å². The molecule has 1 N–H and O–H groups in total. The summed E-state index contributed by atoms with van der Waals surface area (Å²) in [5.41, 5.74) is 2.37. The molecule has 1 aliphatic heterocycles. The largest absolute Gasteiger partial charge is 0.349 e. The first kappa shape index (κ1) is 20.2. The van der Waals surface area contributed by atoms with Gasteiger partial charge >= 0.3 is 0 Å². The van der Waals surface area contributed by atoms with Crippen LogP contribution < -0.4 is 0 Å². The van der Waals surface area contributed by atoms with Gasteiger partial charge in [0.05, 0.1) is 5.02 Å². The number of carbonyl (C=O) groups excluding carboxylic acids is 1. The number of pyridine rings is 1. The lowest BCUT2D eigenvalue weighted by Gasteiger charge is -2.36. The predicted molar refractivity (Wildman–Crippen MR) is 118 cm³/mol. The van der Waals surface area contributed by atoms with Gasteiger partial charge in [-0.2, -0.15) is 0 Å². The fourth-order valence-electron chi connectivity index (χ4n) is 3.97. The van der Waals surface area contributed by atoms with Crippen LogP contribution in [-0.2, 0) is 6.42 Å². The summed E-state index contributed by atoms with van der Waals surface area (Å²) in [5.74, 6) is -0.0748. The van der Waals surface area contributed by atoms with Crippen molar-refractivity contribution in [1.82, 2.24) is 19.8 Å². The van der Waals surface area contributed by atoms with Crippen LogP contribution in [0.15, 0.2) is 42.6 Å². The van der Waals surface area contributed by atoms with Crippen LogP contribution >= 0.6 is 23.2 Å². The zero-order valence-corrected chi connectivity index (χ0v) is 17.9. The molecular formula is C22H24Cl2N4O. The first-order chi connectivity index (χ1) is 14.0. The molecule has 5 nitrogen and oxygen atoms in total. The van der Waals surface area contributed by atoms with Gasteiger partial charge in [0.2, 0.25) is 0 Å². The van der Waals surface area contributed by atoms with Crippen molar-refractivity contribution < 1.29 is 4.79 Å². The molecule has 0 atom stereocenters. The second kappa shape index (κ2) is 8.74. The number of carbonyl (C=O) groups is 1. The molecule has 0 unspecified atom stereocenters. The van der Waals surface area contributed by atoms with E-state index in [0.717, 1.165) is 55.5 Å². The summed E-state index contributed by atoms with van der Waals surface area (Å²) in [5, 5.41) is 1.82. The number of hydrogen-bond acceptors (Lipinski definition) is 3. The first-order valence-corrected chi connectivity index (χ1v) is 10.6. The Labute approximate surface area is 180 Å². The lowest BCUT2D eigenvalue weighted by Crippen LogP contribution is -2.46. The number of amides is 1. The topological polar surface area (TPSA) is 52.2 Å². The van der Waals surface area contributed by atoms with Crippen LogP contribution in [0.3, 0.4) is 0 Å². The smallest absolute Gasteiger partial charge is 0.271 e. The minimum atomic E-state index is -0.0748. The summed E-state index contributed by atoms with van der Waals surface area (Å²) in [6.45, 7) is 2.95. The van der Waals surface area contributed by atoms with Gasteiger partial charge in [0, 0.05) is 67.0 Å². The number of benzene rings is 1. The second-order valence-electron chi connectivity index (χ2n) is 7.56. The van der Waals surface area contributed by atoms with Crippen molar-refractivity contribution in [2.75, 3.05) is 26.7 Å². The molecule has 1 aromatic carbocycles. The van der Waals surface area contributed by atoms with Crippen LogP contribution in [0.2, 0.25) is 10.0 Å². The van der Waals surface area contributed by atoms with Crippen LogP contribution in [-0.4, -0.2) is 58.4 Å². The molecule has 0 bridgehead atoms. The van der Waals surface area contributed by atoms with Gasteiger partial charge < -0.3 is 14.8 Å². The number of piperidine rings is 1. The van der Waals surface area contributed by atoms with E-state index in [1.807, 2.05) is 36.3 Å². The minimum absolute atomic E-state index is 0.0748. The molecule has 7 heteroatoms. The molecule has 1 amide bonds. The number of halogens is 2. The lowest BCUT2D eigenvalue weighted by molar-refractivity contribution is 0.0639. The van der Waals surface area contributed by atoms with E-state index in [1.165, 1.54) is 0 Å². The van der Waals surface area contributed by atoms with Crippen molar-refractivity contribution >= 4 is 40.0 Å². The molecule has 1 fully saturated rings. The third-order valence-electron chi connectivity index (χ3n) is 5.75. The highest BCUT2D eigenvalue weighted by Gasteiger charge is 2.28. The molecule has 1 aliphatic rings. The monoisotopic (exact) mass is 430 g/mol. The molecule has 2 aromatic heterocycles. The maximum absolute atomic E-state index is 13.1. The Morgan fingerprint density at radius 3 is 2.76 bits per heavy atom. The number of aromatic amines is 1. The summed E-state index contributed by atoms with van der Waals surface area (Å²) in [6.07, 6.45) is 4.70. The minimum Gasteiger partial charge on any atom is -0.349 e. The number of hydrogen-bond donors (Lipinski definition) is 1. The summed E-state index contributed by atoms with van der Waals surface area (Å²) in [4.78, 5) is 24.9. The normalized spacial score (nSPS) is 15.7. The summed E-state index contributed by atoms with van der Waals surface area (Å²) >= 11 is 12.5. The molecule has 29 heavy (non-hydrogen) atoms. The highest BCUT2D eigenvalue weighted by atomic mass is 35.5. The summed E-state index contributed by atoms with van der Waals surface area (Å²) in [6, 6.07) is 11.7. The van der Waals surface area contributed by atoms with Crippen molar-refractivity contribution in [1.29, 1.82) is 0 Å². The third kappa shape index (κ3) is 4.42. The van der Waals surface area contributed by atoms with Gasteiger partial charge in [-0.1, -0.05) is 29.3 Å². The molecule has 0 aliphatic carbocycles. The van der Waals surface area contributed by atoms with E-state index >= 15 is 0 Å². The number of aromatic nitrogens is 2. The van der Waals surface area contributed by atoms with Crippen molar-refractivity contribution in [3.05, 3.63) is 64.0 Å². The maximum Gasteiger partial charge on any atom is 0.271 e. The lowest BCUT2D eigenvalue weighted by atomic mass is 10.0. The predicted octanol–water partition coefficient (Wildman–Crippen LogP) is 4.65. The number of nitrogens with zero attached hydrogens (tertiary/aromatic N) is 3. The van der Waals surface area contributed by atoms with Crippen molar-refractivity contribution in [3.8, 4) is 0 Å². The fourth-order valence-corrected chi connectivity index (χ4v) is 4.43. The third-order valence-corrected chi connectivity index (χ3v) is 6.37. The van der Waals surface area contributed by atoms with E-state index in [0.29, 0.717) is 15.7 Å². The molecule has 3 aromatic rings. The number of nitrogens with one attached hydrogen (secondary N) is 1. The van der Waals surface area contributed by atoms with Crippen LogP contribution in [0.5, 0.6) is 0 Å². The van der Waals surface area contributed by atoms with Crippen molar-refractivity contribution in [2.24, 2.45) is 0 Å². The Bertz CT molecular complexity index is 997. The van der Waals surface area contributed by atoms with Gasteiger partial charge in [0.15, 0.2) is 0 Å². The molecule has 0 radical (unpaired) electrons. The number of fused-ring (bicyclic) bond motifs is 1. The van der Waals surface area contributed by atoms with Gasteiger partial charge in [-0.25, -0.2) is 0 Å². The Morgan fingerprint density at radius 1 is 1.24 bits per heavy atom. The second-order valence-corrected chi connectivity index (χ2v) is 8.38. The van der Waals surface area contributed by atoms with E-state index in [9.17, 15) is 4.79 Å². The summed E-state index contributed by atoms with van der Waals surface area (Å²) < 4.78 is 0. The fraction of sp³-hybridized carbons (Fsp3) is 0.364. The van der Waals surface area contributed by atoms with Gasteiger partial charge in [-0.05, 0) is 43.2 Å². The molecule has 0 saturated carbocycles. The number of H-pyrrole nitrogens is 1. The Balaban J connectivity index is 1.36. The molecular weight excluding hydrogens is 407 g/mol. The van der Waals surface area contributed by atoms with Crippen LogP contribution in [0.25, 0.3) is 10.9 Å². The molecule has 0 spiro atoms. The van der Waals surface area contributed by atoms with Crippen molar-refractivity contribution in [3.63, 3.8) is 0 Å². The van der Waals surface area contributed by atoms with Crippen LogP contribution in [0.4, 0.5) is 0 Å². The Kier molecular flexibility index (Phi) is 6.09. The average molecular weight is 431 g/mol. The van der Waals surface area contributed by atoms with E-state index in [4.69, 9.17) is 23.2 Å². The molecule has 3 heterocycles. The van der Waals surface area contributed by atoms with E-state index in [-0.39, 0.29) is 11.9 Å². The zero-order chi connectivity index (χ0) is 20.4. The van der Waals surface area contributed by atoms with E-state index in [1.54, 1.807) is 12.1 Å². The quantitative estimate of drug-likeness (QED) is 0.640.